The summed E-state index contributed by atoms with van der Waals surface area (Å²) in [6.07, 6.45) is 0.902. The lowest BCUT2D eigenvalue weighted by Gasteiger charge is -2.30. The lowest BCUT2D eigenvalue weighted by atomic mass is 9.92. The Morgan fingerprint density at radius 2 is 2.05 bits per heavy atom. The van der Waals surface area contributed by atoms with Gasteiger partial charge < -0.3 is 10.2 Å². The molecule has 5 heteroatoms. The van der Waals surface area contributed by atoms with Gasteiger partial charge in [-0.2, -0.15) is 0 Å². The Morgan fingerprint density at radius 3 is 2.57 bits per heavy atom. The molecule has 0 heterocycles. The maximum atomic E-state index is 10.9. The highest BCUT2D eigenvalue weighted by atomic mass is 16.6. The summed E-state index contributed by atoms with van der Waals surface area (Å²) in [5.41, 5.74) is 1.28. The van der Waals surface area contributed by atoms with Crippen molar-refractivity contribution in [1.29, 1.82) is 0 Å². The number of nitrogens with zero attached hydrogens (tertiary/aromatic N) is 2. The maximum Gasteiger partial charge on any atom is 0.269 e. The fraction of sp³-hybridized carbons (Fsp3) is 0.625. The number of rotatable bonds is 8. The van der Waals surface area contributed by atoms with Crippen LogP contribution in [0.4, 0.5) is 5.69 Å². The number of hydrogen-bond acceptors (Lipinski definition) is 4. The molecule has 1 N–H and O–H groups in total. The van der Waals surface area contributed by atoms with Gasteiger partial charge in [-0.05, 0) is 31.5 Å². The molecule has 0 saturated carbocycles. The second-order valence-corrected chi connectivity index (χ2v) is 6.60. The number of non-ortho nitro benzene ring substituents is 1. The first-order valence-corrected chi connectivity index (χ1v) is 7.37. The van der Waals surface area contributed by atoms with E-state index in [1.54, 1.807) is 12.1 Å². The molecule has 118 valence electrons. The molecular weight excluding hydrogens is 266 g/mol. The lowest BCUT2D eigenvalue weighted by molar-refractivity contribution is -0.384. The highest BCUT2D eigenvalue weighted by Gasteiger charge is 2.21. The van der Waals surface area contributed by atoms with Crippen LogP contribution < -0.4 is 5.32 Å². The largest absolute Gasteiger partial charge is 0.309 e. The molecule has 0 amide bonds. The highest BCUT2D eigenvalue weighted by molar-refractivity contribution is 5.35. The molecule has 1 aromatic carbocycles. The van der Waals surface area contributed by atoms with Gasteiger partial charge in [-0.3, -0.25) is 10.1 Å². The molecule has 0 spiro atoms. The zero-order valence-electron chi connectivity index (χ0n) is 13.7. The van der Waals surface area contributed by atoms with Crippen molar-refractivity contribution in [2.45, 2.75) is 33.2 Å². The van der Waals surface area contributed by atoms with Crippen molar-refractivity contribution in [3.8, 4) is 0 Å². The Kier molecular flexibility index (Phi) is 6.30. The molecule has 1 aromatic rings. The summed E-state index contributed by atoms with van der Waals surface area (Å²) in [6, 6.07) is 7.05. The SMILES string of the molecule is CCC(NCC(C)(C)CN(C)C)c1cccc([N+](=O)[O-])c1. The van der Waals surface area contributed by atoms with Gasteiger partial charge in [0.1, 0.15) is 0 Å². The van der Waals surface area contributed by atoms with Crippen molar-refractivity contribution < 1.29 is 4.92 Å². The number of benzene rings is 1. The quantitative estimate of drug-likeness (QED) is 0.590. The van der Waals surface area contributed by atoms with Gasteiger partial charge >= 0.3 is 0 Å². The number of hydrogen-bond donors (Lipinski definition) is 1. The minimum absolute atomic E-state index is 0.145. The first kappa shape index (κ1) is 17.6. The predicted molar refractivity (Wildman–Crippen MR) is 86.5 cm³/mol. The van der Waals surface area contributed by atoms with E-state index in [1.807, 2.05) is 6.07 Å². The van der Waals surface area contributed by atoms with Crippen LogP contribution in [0.1, 0.15) is 38.8 Å². The highest BCUT2D eigenvalue weighted by Crippen LogP contribution is 2.23. The summed E-state index contributed by atoms with van der Waals surface area (Å²) in [5, 5.41) is 14.4. The molecule has 0 aliphatic heterocycles. The molecule has 0 fully saturated rings. The maximum absolute atomic E-state index is 10.9. The van der Waals surface area contributed by atoms with Crippen LogP contribution >= 0.6 is 0 Å². The predicted octanol–water partition coefficient (Wildman–Crippen LogP) is 3.22. The first-order chi connectivity index (χ1) is 9.75. The van der Waals surface area contributed by atoms with E-state index in [0.717, 1.165) is 25.1 Å². The third-order valence-corrected chi connectivity index (χ3v) is 3.46. The minimum Gasteiger partial charge on any atom is -0.309 e. The molecular formula is C16H27N3O2. The Bertz CT molecular complexity index is 472. The van der Waals surface area contributed by atoms with Crippen LogP contribution in [0.3, 0.4) is 0 Å². The average Bonchev–Trinajstić information content (AvgIpc) is 2.38. The third kappa shape index (κ3) is 5.81. The Hall–Kier alpha value is -1.46. The average molecular weight is 293 g/mol. The first-order valence-electron chi connectivity index (χ1n) is 7.37. The van der Waals surface area contributed by atoms with Crippen molar-refractivity contribution in [2.75, 3.05) is 27.2 Å². The normalized spacial score (nSPS) is 13.4. The fourth-order valence-electron chi connectivity index (χ4n) is 2.66. The van der Waals surface area contributed by atoms with Gasteiger partial charge in [0.2, 0.25) is 0 Å². The molecule has 0 aliphatic carbocycles. The summed E-state index contributed by atoms with van der Waals surface area (Å²) >= 11 is 0. The number of nitro benzene ring substituents is 1. The summed E-state index contributed by atoms with van der Waals surface area (Å²) in [5.74, 6) is 0. The van der Waals surface area contributed by atoms with Crippen LogP contribution in [-0.4, -0.2) is 37.0 Å². The van der Waals surface area contributed by atoms with Gasteiger partial charge in [0.15, 0.2) is 0 Å². The zero-order chi connectivity index (χ0) is 16.0. The van der Waals surface area contributed by atoms with E-state index in [-0.39, 0.29) is 22.1 Å². The van der Waals surface area contributed by atoms with Crippen LogP contribution in [-0.2, 0) is 0 Å². The van der Waals surface area contributed by atoms with Crippen LogP contribution in [0.15, 0.2) is 24.3 Å². The summed E-state index contributed by atoms with van der Waals surface area (Å²) in [7, 11) is 4.14. The van der Waals surface area contributed by atoms with Crippen molar-refractivity contribution in [1.82, 2.24) is 10.2 Å². The Morgan fingerprint density at radius 1 is 1.38 bits per heavy atom. The van der Waals surface area contributed by atoms with Gasteiger partial charge in [0, 0.05) is 31.3 Å². The van der Waals surface area contributed by atoms with E-state index in [9.17, 15) is 10.1 Å². The minimum atomic E-state index is -0.341. The molecule has 5 nitrogen and oxygen atoms in total. The Labute approximate surface area is 127 Å². The zero-order valence-corrected chi connectivity index (χ0v) is 13.7. The molecule has 0 saturated heterocycles. The van der Waals surface area contributed by atoms with Crippen LogP contribution in [0.5, 0.6) is 0 Å². The molecule has 1 atom stereocenters. The Balaban J connectivity index is 2.75. The van der Waals surface area contributed by atoms with Crippen molar-refractivity contribution >= 4 is 5.69 Å². The molecule has 0 bridgehead atoms. The van der Waals surface area contributed by atoms with E-state index >= 15 is 0 Å². The molecule has 21 heavy (non-hydrogen) atoms. The fourth-order valence-corrected chi connectivity index (χ4v) is 2.66. The smallest absolute Gasteiger partial charge is 0.269 e. The van der Waals surface area contributed by atoms with Gasteiger partial charge in [-0.1, -0.05) is 32.9 Å². The van der Waals surface area contributed by atoms with Crippen molar-refractivity contribution in [3.05, 3.63) is 39.9 Å². The van der Waals surface area contributed by atoms with Crippen molar-refractivity contribution in [3.63, 3.8) is 0 Å². The monoisotopic (exact) mass is 293 g/mol. The molecule has 1 rings (SSSR count). The van der Waals surface area contributed by atoms with E-state index in [0.29, 0.717) is 0 Å². The van der Waals surface area contributed by atoms with Crippen LogP contribution in [0.2, 0.25) is 0 Å². The van der Waals surface area contributed by atoms with Gasteiger partial charge in [0.05, 0.1) is 4.92 Å². The van der Waals surface area contributed by atoms with E-state index < -0.39 is 0 Å². The second-order valence-electron chi connectivity index (χ2n) is 6.60. The standard InChI is InChI=1S/C16H27N3O2/c1-6-15(17-11-16(2,3)12-18(4)5)13-8-7-9-14(10-13)19(20)21/h7-10,15,17H,6,11-12H2,1-5H3. The van der Waals surface area contributed by atoms with Crippen LogP contribution in [0.25, 0.3) is 0 Å². The van der Waals surface area contributed by atoms with Gasteiger partial charge in [0.25, 0.3) is 5.69 Å². The topological polar surface area (TPSA) is 58.4 Å². The molecule has 0 aliphatic rings. The van der Waals surface area contributed by atoms with Crippen molar-refractivity contribution in [2.24, 2.45) is 5.41 Å². The van der Waals surface area contributed by atoms with Gasteiger partial charge in [-0.25, -0.2) is 0 Å². The van der Waals surface area contributed by atoms with E-state index in [1.165, 1.54) is 6.07 Å². The third-order valence-electron chi connectivity index (χ3n) is 3.46. The van der Waals surface area contributed by atoms with E-state index in [2.05, 4.69) is 45.1 Å². The number of nitrogens with one attached hydrogen (secondary N) is 1. The van der Waals surface area contributed by atoms with Crippen LogP contribution in [0, 0.1) is 15.5 Å². The second kappa shape index (κ2) is 7.52. The summed E-state index contributed by atoms with van der Waals surface area (Å²) < 4.78 is 0. The molecule has 0 aromatic heterocycles. The lowest BCUT2D eigenvalue weighted by Crippen LogP contribution is -2.38. The summed E-state index contributed by atoms with van der Waals surface area (Å²) in [4.78, 5) is 12.7. The molecule has 0 radical (unpaired) electrons. The van der Waals surface area contributed by atoms with E-state index in [4.69, 9.17) is 0 Å². The summed E-state index contributed by atoms with van der Waals surface area (Å²) in [6.45, 7) is 8.40. The molecule has 1 unspecified atom stereocenters. The number of nitro groups is 1. The van der Waals surface area contributed by atoms with Gasteiger partial charge in [-0.15, -0.1) is 0 Å².